The van der Waals surface area contributed by atoms with Gasteiger partial charge in [0.15, 0.2) is 0 Å². The molecular weight excluding hydrogens is 260 g/mol. The van der Waals surface area contributed by atoms with Gasteiger partial charge in [0.05, 0.1) is 0 Å². The third-order valence-corrected chi connectivity index (χ3v) is 5.29. The highest BCUT2D eigenvalue weighted by molar-refractivity contribution is 8.00. The first-order valence-corrected chi connectivity index (χ1v) is 8.12. The summed E-state index contributed by atoms with van der Waals surface area (Å²) >= 11 is 3.74. The van der Waals surface area contributed by atoms with E-state index >= 15 is 0 Å². The number of thioether (sulfide) groups is 1. The summed E-state index contributed by atoms with van der Waals surface area (Å²) in [6, 6.07) is 9.18. The number of hydrogen-bond donors (Lipinski definition) is 1. The highest BCUT2D eigenvalue weighted by atomic mass is 32.2. The second-order valence-corrected chi connectivity index (χ2v) is 7.00. The van der Waals surface area contributed by atoms with Crippen LogP contribution in [0.4, 0.5) is 5.69 Å². The molecular formula is C14H16N2S2. The molecule has 0 spiro atoms. The molecule has 0 amide bonds. The monoisotopic (exact) mass is 276 g/mol. The quantitative estimate of drug-likeness (QED) is 0.913. The highest BCUT2D eigenvalue weighted by Gasteiger charge is 2.21. The normalized spacial score (nSPS) is 23.2. The van der Waals surface area contributed by atoms with Crippen LogP contribution >= 0.6 is 23.1 Å². The molecule has 3 rings (SSSR count). The van der Waals surface area contributed by atoms with Crippen molar-refractivity contribution in [3.05, 3.63) is 35.8 Å². The van der Waals surface area contributed by atoms with Crippen molar-refractivity contribution in [3.8, 4) is 10.6 Å². The van der Waals surface area contributed by atoms with Crippen LogP contribution in [-0.4, -0.2) is 22.0 Å². The lowest BCUT2D eigenvalue weighted by Crippen LogP contribution is -2.18. The van der Waals surface area contributed by atoms with E-state index in [9.17, 15) is 0 Å². The highest BCUT2D eigenvalue weighted by Crippen LogP contribution is 2.30. The Hall–Kier alpha value is -1.00. The van der Waals surface area contributed by atoms with Crippen LogP contribution in [0.1, 0.15) is 13.3 Å². The fraction of sp³-hybridized carbons (Fsp3) is 0.357. The van der Waals surface area contributed by atoms with Gasteiger partial charge < -0.3 is 5.32 Å². The lowest BCUT2D eigenvalue weighted by atomic mass is 10.1. The summed E-state index contributed by atoms with van der Waals surface area (Å²) in [5.74, 6) is 1.21. The Morgan fingerprint density at radius 1 is 1.39 bits per heavy atom. The van der Waals surface area contributed by atoms with Gasteiger partial charge in [0.2, 0.25) is 0 Å². The molecule has 1 aromatic carbocycles. The van der Waals surface area contributed by atoms with Crippen molar-refractivity contribution in [2.75, 3.05) is 11.1 Å². The van der Waals surface area contributed by atoms with Crippen LogP contribution in [0.15, 0.2) is 35.8 Å². The van der Waals surface area contributed by atoms with Gasteiger partial charge in [-0.15, -0.1) is 11.3 Å². The van der Waals surface area contributed by atoms with E-state index in [-0.39, 0.29) is 0 Å². The molecule has 2 nitrogen and oxygen atoms in total. The molecule has 1 aliphatic rings. The predicted octanol–water partition coefficient (Wildman–Crippen LogP) is 4.12. The zero-order valence-corrected chi connectivity index (χ0v) is 11.9. The van der Waals surface area contributed by atoms with E-state index in [1.54, 1.807) is 11.3 Å². The smallest absolute Gasteiger partial charge is 0.123 e. The van der Waals surface area contributed by atoms with Gasteiger partial charge in [-0.25, -0.2) is 4.98 Å². The van der Waals surface area contributed by atoms with Crippen LogP contribution in [0.2, 0.25) is 0 Å². The van der Waals surface area contributed by atoms with Crippen molar-refractivity contribution >= 4 is 28.8 Å². The molecule has 94 valence electrons. The lowest BCUT2D eigenvalue weighted by Gasteiger charge is -2.13. The largest absolute Gasteiger partial charge is 0.381 e. The molecule has 1 N–H and O–H groups in total. The molecule has 0 aliphatic carbocycles. The maximum atomic E-state index is 4.36. The van der Waals surface area contributed by atoms with Gasteiger partial charge in [0.1, 0.15) is 5.01 Å². The van der Waals surface area contributed by atoms with Gasteiger partial charge in [-0.1, -0.05) is 19.1 Å². The summed E-state index contributed by atoms with van der Waals surface area (Å²) in [7, 11) is 0. The topological polar surface area (TPSA) is 24.9 Å². The van der Waals surface area contributed by atoms with Crippen molar-refractivity contribution in [1.29, 1.82) is 0 Å². The van der Waals surface area contributed by atoms with E-state index in [2.05, 4.69) is 53.3 Å². The van der Waals surface area contributed by atoms with Gasteiger partial charge in [0, 0.05) is 39.9 Å². The number of rotatable bonds is 3. The van der Waals surface area contributed by atoms with E-state index in [1.807, 2.05) is 11.6 Å². The van der Waals surface area contributed by atoms with Crippen molar-refractivity contribution in [2.24, 2.45) is 0 Å². The van der Waals surface area contributed by atoms with Gasteiger partial charge >= 0.3 is 0 Å². The number of hydrogen-bond acceptors (Lipinski definition) is 4. The van der Waals surface area contributed by atoms with Crippen molar-refractivity contribution in [2.45, 2.75) is 24.6 Å². The number of nitrogens with zero attached hydrogens (tertiary/aromatic N) is 1. The first kappa shape index (κ1) is 12.1. The molecule has 4 heteroatoms. The average Bonchev–Trinajstić information content (AvgIpc) is 3.01. The number of benzene rings is 1. The Morgan fingerprint density at radius 2 is 2.33 bits per heavy atom. The standard InChI is InChI=1S/C14H16N2S2/c1-10-7-13(9-18-10)16-12-4-2-3-11(8-12)14-15-5-6-17-14/h2-6,8,10,13,16H,7,9H2,1H3. The summed E-state index contributed by atoms with van der Waals surface area (Å²) in [4.78, 5) is 4.36. The second kappa shape index (κ2) is 5.33. The van der Waals surface area contributed by atoms with Gasteiger partial charge in [0.25, 0.3) is 0 Å². The number of anilines is 1. The molecule has 18 heavy (non-hydrogen) atoms. The van der Waals surface area contributed by atoms with Crippen molar-refractivity contribution in [1.82, 2.24) is 4.98 Å². The molecule has 2 aromatic rings. The minimum atomic E-state index is 0.608. The molecule has 2 unspecified atom stereocenters. The minimum absolute atomic E-state index is 0.608. The van der Waals surface area contributed by atoms with Gasteiger partial charge in [-0.2, -0.15) is 11.8 Å². The van der Waals surface area contributed by atoms with E-state index < -0.39 is 0 Å². The van der Waals surface area contributed by atoms with E-state index in [0.29, 0.717) is 6.04 Å². The van der Waals surface area contributed by atoms with Crippen LogP contribution in [0.5, 0.6) is 0 Å². The maximum Gasteiger partial charge on any atom is 0.123 e. The lowest BCUT2D eigenvalue weighted by molar-refractivity contribution is 0.747. The fourth-order valence-electron chi connectivity index (χ4n) is 2.26. The van der Waals surface area contributed by atoms with Crippen molar-refractivity contribution < 1.29 is 0 Å². The molecule has 0 saturated carbocycles. The molecule has 1 saturated heterocycles. The molecule has 0 radical (unpaired) electrons. The molecule has 0 bridgehead atoms. The number of nitrogens with one attached hydrogen (secondary N) is 1. The summed E-state index contributed by atoms with van der Waals surface area (Å²) in [5, 5.41) is 7.52. The first-order valence-electron chi connectivity index (χ1n) is 6.19. The van der Waals surface area contributed by atoms with Crippen LogP contribution in [0.25, 0.3) is 10.6 Å². The average molecular weight is 276 g/mol. The van der Waals surface area contributed by atoms with Crippen LogP contribution < -0.4 is 5.32 Å². The minimum Gasteiger partial charge on any atom is -0.381 e. The van der Waals surface area contributed by atoms with E-state index in [0.717, 1.165) is 10.3 Å². The summed E-state index contributed by atoms with van der Waals surface area (Å²) in [6.07, 6.45) is 3.11. The maximum absolute atomic E-state index is 4.36. The fourth-order valence-corrected chi connectivity index (χ4v) is 4.05. The van der Waals surface area contributed by atoms with E-state index in [1.165, 1.54) is 23.4 Å². The molecule has 2 heterocycles. The SMILES string of the molecule is CC1CC(Nc2cccc(-c3nccs3)c2)CS1. The van der Waals surface area contributed by atoms with E-state index in [4.69, 9.17) is 0 Å². The molecule has 2 atom stereocenters. The third kappa shape index (κ3) is 2.70. The Bertz CT molecular complexity index is 510. The zero-order chi connectivity index (χ0) is 12.4. The number of thiazole rings is 1. The zero-order valence-electron chi connectivity index (χ0n) is 10.3. The predicted molar refractivity (Wildman–Crippen MR) is 81.5 cm³/mol. The summed E-state index contributed by atoms with van der Waals surface area (Å²) in [6.45, 7) is 2.30. The molecule has 1 fully saturated rings. The van der Waals surface area contributed by atoms with Crippen LogP contribution in [0, 0.1) is 0 Å². The van der Waals surface area contributed by atoms with Crippen LogP contribution in [-0.2, 0) is 0 Å². The Balaban J connectivity index is 1.75. The van der Waals surface area contributed by atoms with Gasteiger partial charge in [-0.05, 0) is 18.6 Å². The second-order valence-electron chi connectivity index (χ2n) is 4.64. The number of aromatic nitrogens is 1. The van der Waals surface area contributed by atoms with Crippen molar-refractivity contribution in [3.63, 3.8) is 0 Å². The third-order valence-electron chi connectivity index (χ3n) is 3.11. The van der Waals surface area contributed by atoms with Crippen LogP contribution in [0.3, 0.4) is 0 Å². The summed E-state index contributed by atoms with van der Waals surface area (Å²) < 4.78 is 0. The molecule has 1 aromatic heterocycles. The summed E-state index contributed by atoms with van der Waals surface area (Å²) in [5.41, 5.74) is 2.41. The Morgan fingerprint density at radius 3 is 3.06 bits per heavy atom. The first-order chi connectivity index (χ1) is 8.81. The van der Waals surface area contributed by atoms with Gasteiger partial charge in [-0.3, -0.25) is 0 Å². The Kier molecular flexibility index (Phi) is 3.57. The molecule has 1 aliphatic heterocycles. The Labute approximate surface area is 116 Å².